The van der Waals surface area contributed by atoms with Crippen molar-refractivity contribution in [2.75, 3.05) is 13.2 Å². The van der Waals surface area contributed by atoms with Crippen LogP contribution < -0.4 is 0 Å². The molecular weight excluding hydrogens is 274 g/mol. The van der Waals surface area contributed by atoms with Gasteiger partial charge >= 0.3 is 5.97 Å². The number of hydroxylamine groups is 2. The first-order valence-corrected chi connectivity index (χ1v) is 7.33. The van der Waals surface area contributed by atoms with E-state index in [1.54, 1.807) is 13.8 Å². The van der Waals surface area contributed by atoms with Crippen LogP contribution in [0.2, 0.25) is 0 Å². The van der Waals surface area contributed by atoms with Crippen LogP contribution in [-0.2, 0) is 14.4 Å². The standard InChI is InChI=1S/C15H29NO5/c1-13(2)7-11(21-12(18)9-17)8-14(3,4)16(13)20-10-15(5,6)19/h11,17,19H,7-10H2,1-6H3. The predicted molar refractivity (Wildman–Crippen MR) is 78.4 cm³/mol. The number of piperidine rings is 1. The number of aliphatic hydroxyl groups excluding tert-OH is 1. The minimum absolute atomic E-state index is 0.195. The number of aliphatic hydroxyl groups is 2. The molecule has 1 fully saturated rings. The van der Waals surface area contributed by atoms with Crippen molar-refractivity contribution in [1.82, 2.24) is 5.06 Å². The minimum Gasteiger partial charge on any atom is -0.461 e. The molecule has 21 heavy (non-hydrogen) atoms. The van der Waals surface area contributed by atoms with Gasteiger partial charge in [-0.1, -0.05) is 0 Å². The molecule has 0 radical (unpaired) electrons. The van der Waals surface area contributed by atoms with Gasteiger partial charge < -0.3 is 14.9 Å². The summed E-state index contributed by atoms with van der Waals surface area (Å²) in [5.41, 5.74) is -1.62. The molecule has 1 saturated heterocycles. The Morgan fingerprint density at radius 3 is 2.10 bits per heavy atom. The summed E-state index contributed by atoms with van der Waals surface area (Å²) in [7, 11) is 0. The molecule has 0 aromatic rings. The van der Waals surface area contributed by atoms with E-state index in [1.165, 1.54) is 0 Å². The number of carbonyl (C=O) groups is 1. The fourth-order valence-corrected chi connectivity index (χ4v) is 3.05. The van der Waals surface area contributed by atoms with E-state index in [-0.39, 0.29) is 23.8 Å². The van der Waals surface area contributed by atoms with Gasteiger partial charge in [0.25, 0.3) is 0 Å². The Balaban J connectivity index is 2.81. The number of rotatable bonds is 5. The molecule has 1 heterocycles. The van der Waals surface area contributed by atoms with Gasteiger partial charge in [-0.3, -0.25) is 4.84 Å². The van der Waals surface area contributed by atoms with Crippen molar-refractivity contribution in [1.29, 1.82) is 0 Å². The predicted octanol–water partition coefficient (Wildman–Crippen LogP) is 1.25. The molecule has 6 nitrogen and oxygen atoms in total. The Bertz CT molecular complexity index is 355. The van der Waals surface area contributed by atoms with Crippen molar-refractivity contribution in [2.24, 2.45) is 0 Å². The zero-order valence-corrected chi connectivity index (χ0v) is 14.0. The molecule has 0 aromatic carbocycles. The maximum Gasteiger partial charge on any atom is 0.332 e. The van der Waals surface area contributed by atoms with Crippen molar-refractivity contribution < 1.29 is 24.6 Å². The molecule has 1 aliphatic rings. The highest BCUT2D eigenvalue weighted by molar-refractivity contribution is 5.70. The van der Waals surface area contributed by atoms with Crippen LogP contribution in [0.25, 0.3) is 0 Å². The third-order valence-electron chi connectivity index (χ3n) is 3.53. The lowest BCUT2D eigenvalue weighted by molar-refractivity contribution is -0.306. The Labute approximate surface area is 127 Å². The molecular formula is C15H29NO5. The van der Waals surface area contributed by atoms with E-state index in [0.29, 0.717) is 12.8 Å². The van der Waals surface area contributed by atoms with Gasteiger partial charge in [-0.2, -0.15) is 5.06 Å². The van der Waals surface area contributed by atoms with Crippen molar-refractivity contribution in [3.8, 4) is 0 Å². The van der Waals surface area contributed by atoms with Crippen LogP contribution in [0.5, 0.6) is 0 Å². The third kappa shape index (κ3) is 5.21. The maximum atomic E-state index is 11.3. The summed E-state index contributed by atoms with van der Waals surface area (Å²) in [6, 6.07) is 0. The smallest absolute Gasteiger partial charge is 0.332 e. The lowest BCUT2D eigenvalue weighted by Crippen LogP contribution is -2.62. The average Bonchev–Trinajstić information content (AvgIpc) is 2.23. The van der Waals surface area contributed by atoms with Crippen molar-refractivity contribution in [3.05, 3.63) is 0 Å². The molecule has 1 aliphatic heterocycles. The first-order chi connectivity index (χ1) is 9.37. The van der Waals surface area contributed by atoms with Crippen LogP contribution in [-0.4, -0.2) is 57.2 Å². The summed E-state index contributed by atoms with van der Waals surface area (Å²) in [4.78, 5) is 17.1. The molecule has 6 heteroatoms. The maximum absolute atomic E-state index is 11.3. The molecule has 124 valence electrons. The monoisotopic (exact) mass is 303 g/mol. The number of ether oxygens (including phenoxy) is 1. The highest BCUT2D eigenvalue weighted by atomic mass is 16.7. The van der Waals surface area contributed by atoms with Gasteiger partial charge in [-0.15, -0.1) is 0 Å². The Morgan fingerprint density at radius 1 is 1.24 bits per heavy atom. The van der Waals surface area contributed by atoms with Gasteiger partial charge in [0.15, 0.2) is 0 Å². The third-order valence-corrected chi connectivity index (χ3v) is 3.53. The van der Waals surface area contributed by atoms with Gasteiger partial charge in [0.2, 0.25) is 0 Å². The van der Waals surface area contributed by atoms with Crippen LogP contribution in [0.15, 0.2) is 0 Å². The van der Waals surface area contributed by atoms with E-state index in [0.717, 1.165) is 0 Å². The lowest BCUT2D eigenvalue weighted by atomic mass is 9.80. The number of hydrogen-bond acceptors (Lipinski definition) is 6. The summed E-state index contributed by atoms with van der Waals surface area (Å²) in [5, 5.41) is 20.5. The molecule has 0 saturated carbocycles. The van der Waals surface area contributed by atoms with Gasteiger partial charge in [-0.05, 0) is 41.5 Å². The number of carbonyl (C=O) groups excluding carboxylic acids is 1. The van der Waals surface area contributed by atoms with E-state index < -0.39 is 18.2 Å². The van der Waals surface area contributed by atoms with Crippen LogP contribution in [0, 0.1) is 0 Å². The molecule has 0 amide bonds. The second kappa shape index (κ2) is 6.20. The highest BCUT2D eigenvalue weighted by Crippen LogP contribution is 2.40. The molecule has 1 rings (SSSR count). The summed E-state index contributed by atoms with van der Waals surface area (Å²) < 4.78 is 5.28. The van der Waals surface area contributed by atoms with Crippen LogP contribution in [0.3, 0.4) is 0 Å². The van der Waals surface area contributed by atoms with E-state index in [1.807, 2.05) is 32.8 Å². The number of nitrogens with zero attached hydrogens (tertiary/aromatic N) is 1. The van der Waals surface area contributed by atoms with E-state index in [2.05, 4.69) is 0 Å². The summed E-state index contributed by atoms with van der Waals surface area (Å²) in [6.07, 6.45) is 0.957. The van der Waals surface area contributed by atoms with Crippen molar-refractivity contribution in [2.45, 2.75) is 77.2 Å². The van der Waals surface area contributed by atoms with Gasteiger partial charge in [-0.25, -0.2) is 4.79 Å². The van der Waals surface area contributed by atoms with E-state index in [4.69, 9.17) is 14.7 Å². The zero-order chi connectivity index (χ0) is 16.5. The molecule has 0 unspecified atom stereocenters. The molecule has 0 spiro atoms. The van der Waals surface area contributed by atoms with E-state index >= 15 is 0 Å². The quantitative estimate of drug-likeness (QED) is 0.744. The second-order valence-electron chi connectivity index (χ2n) is 7.68. The van der Waals surface area contributed by atoms with Crippen LogP contribution >= 0.6 is 0 Å². The van der Waals surface area contributed by atoms with Crippen LogP contribution in [0.4, 0.5) is 0 Å². The number of esters is 1. The minimum atomic E-state index is -0.910. The van der Waals surface area contributed by atoms with Gasteiger partial charge in [0.05, 0.1) is 12.2 Å². The topological polar surface area (TPSA) is 79.2 Å². The first-order valence-electron chi connectivity index (χ1n) is 7.33. The normalized spacial score (nSPS) is 23.0. The Kier molecular flexibility index (Phi) is 5.42. The molecule has 0 aromatic heterocycles. The molecule has 0 bridgehead atoms. The SMILES string of the molecule is CC(C)(O)CON1C(C)(C)CC(OC(=O)CO)CC1(C)C. The zero-order valence-electron chi connectivity index (χ0n) is 14.0. The van der Waals surface area contributed by atoms with Gasteiger partial charge in [0.1, 0.15) is 12.7 Å². The first kappa shape index (κ1) is 18.4. The summed E-state index contributed by atoms with van der Waals surface area (Å²) in [6.45, 7) is 11.0. The highest BCUT2D eigenvalue weighted by Gasteiger charge is 2.48. The largest absolute Gasteiger partial charge is 0.461 e. The number of hydrogen-bond donors (Lipinski definition) is 2. The average molecular weight is 303 g/mol. The molecule has 2 N–H and O–H groups in total. The lowest BCUT2D eigenvalue weighted by Gasteiger charge is -2.53. The fraction of sp³-hybridized carbons (Fsp3) is 0.933. The molecule has 0 atom stereocenters. The van der Waals surface area contributed by atoms with Crippen molar-refractivity contribution in [3.63, 3.8) is 0 Å². The Hall–Kier alpha value is -0.690. The summed E-state index contributed by atoms with van der Waals surface area (Å²) in [5.74, 6) is -0.600. The van der Waals surface area contributed by atoms with Crippen LogP contribution in [0.1, 0.15) is 54.4 Å². The van der Waals surface area contributed by atoms with Gasteiger partial charge in [0, 0.05) is 23.9 Å². The summed E-state index contributed by atoms with van der Waals surface area (Å²) >= 11 is 0. The van der Waals surface area contributed by atoms with E-state index in [9.17, 15) is 9.90 Å². The van der Waals surface area contributed by atoms with Crippen molar-refractivity contribution >= 4 is 5.97 Å². The fourth-order valence-electron chi connectivity index (χ4n) is 3.05. The second-order valence-corrected chi connectivity index (χ2v) is 7.68. The Morgan fingerprint density at radius 2 is 1.71 bits per heavy atom. The molecule has 0 aliphatic carbocycles.